The zero-order chi connectivity index (χ0) is 23.2. The number of aromatic nitrogens is 1. The summed E-state index contributed by atoms with van der Waals surface area (Å²) in [6, 6.07) is 18.2. The maximum absolute atomic E-state index is 14.1. The lowest BCUT2D eigenvalue weighted by Crippen LogP contribution is -2.41. The standard InChI is InChI=1S/C24H25F4NO2Si/c1-32(2,20-11-13-23(29-16-20)30-17-24(26,27)28)14-6-7-18-10-12-21(25)22(15-18)31-19-8-4-3-5-9-19/h3-5,8-13,15-16H,6-7,14,17H2,1-2H3. The van der Waals surface area contributed by atoms with Crippen molar-refractivity contribution in [2.75, 3.05) is 6.61 Å². The summed E-state index contributed by atoms with van der Waals surface area (Å²) in [4.78, 5) is 4.03. The van der Waals surface area contributed by atoms with Gasteiger partial charge in [-0.1, -0.05) is 55.9 Å². The molecule has 3 nitrogen and oxygen atoms in total. The molecule has 3 aromatic rings. The van der Waals surface area contributed by atoms with E-state index in [0.717, 1.165) is 29.6 Å². The van der Waals surface area contributed by atoms with E-state index in [1.165, 1.54) is 12.1 Å². The third-order valence-corrected chi connectivity index (χ3v) is 8.60. The number of rotatable bonds is 9. The molecule has 0 aliphatic heterocycles. The molecule has 0 amide bonds. The van der Waals surface area contributed by atoms with Crippen LogP contribution in [0, 0.1) is 5.82 Å². The molecule has 8 heteroatoms. The molecule has 0 saturated heterocycles. The molecule has 0 spiro atoms. The van der Waals surface area contributed by atoms with Gasteiger partial charge in [0.05, 0.1) is 8.07 Å². The predicted molar refractivity (Wildman–Crippen MR) is 119 cm³/mol. The van der Waals surface area contributed by atoms with Crippen LogP contribution in [-0.2, 0) is 6.42 Å². The number of alkyl halides is 3. The first-order chi connectivity index (χ1) is 15.1. The minimum Gasteiger partial charge on any atom is -0.468 e. The Morgan fingerprint density at radius 3 is 2.38 bits per heavy atom. The van der Waals surface area contributed by atoms with Crippen LogP contribution in [0.3, 0.4) is 0 Å². The summed E-state index contributed by atoms with van der Waals surface area (Å²) in [5, 5.41) is 1.05. The van der Waals surface area contributed by atoms with Crippen LogP contribution in [-0.4, -0.2) is 25.8 Å². The molecular formula is C24H25F4NO2Si. The van der Waals surface area contributed by atoms with E-state index in [1.807, 2.05) is 18.2 Å². The summed E-state index contributed by atoms with van der Waals surface area (Å²) in [7, 11) is -1.85. The van der Waals surface area contributed by atoms with Crippen LogP contribution >= 0.6 is 0 Å². The van der Waals surface area contributed by atoms with Gasteiger partial charge in [-0.2, -0.15) is 13.2 Å². The normalized spacial score (nSPS) is 11.9. The lowest BCUT2D eigenvalue weighted by Gasteiger charge is -2.23. The minimum atomic E-state index is -4.39. The lowest BCUT2D eigenvalue weighted by molar-refractivity contribution is -0.154. The molecule has 0 aliphatic carbocycles. The number of para-hydroxylation sites is 1. The Bertz CT molecular complexity index is 1010. The van der Waals surface area contributed by atoms with Crippen LogP contribution in [0.5, 0.6) is 17.4 Å². The number of halogens is 4. The number of hydrogen-bond acceptors (Lipinski definition) is 3. The molecule has 0 atom stereocenters. The molecule has 0 bridgehead atoms. The zero-order valence-electron chi connectivity index (χ0n) is 18.0. The first kappa shape index (κ1) is 23.8. The molecule has 32 heavy (non-hydrogen) atoms. The minimum absolute atomic E-state index is 0.0341. The van der Waals surface area contributed by atoms with Crippen LogP contribution < -0.4 is 14.7 Å². The molecule has 1 heterocycles. The van der Waals surface area contributed by atoms with Crippen molar-refractivity contribution in [1.82, 2.24) is 4.98 Å². The summed E-state index contributed by atoms with van der Waals surface area (Å²) in [6.45, 7) is 3.03. The van der Waals surface area contributed by atoms with E-state index in [9.17, 15) is 17.6 Å². The van der Waals surface area contributed by atoms with Crippen molar-refractivity contribution in [3.05, 3.63) is 78.2 Å². The van der Waals surface area contributed by atoms with Gasteiger partial charge >= 0.3 is 6.18 Å². The maximum atomic E-state index is 14.1. The fraction of sp³-hybridized carbons (Fsp3) is 0.292. The topological polar surface area (TPSA) is 31.4 Å². The van der Waals surface area contributed by atoms with Gasteiger partial charge in [0.1, 0.15) is 5.75 Å². The molecule has 0 saturated carbocycles. The molecule has 0 radical (unpaired) electrons. The van der Waals surface area contributed by atoms with Gasteiger partial charge in [-0.25, -0.2) is 9.37 Å². The van der Waals surface area contributed by atoms with Gasteiger partial charge in [-0.05, 0) is 41.4 Å². The predicted octanol–water partition coefficient (Wildman–Crippen LogP) is 6.50. The Balaban J connectivity index is 1.56. The van der Waals surface area contributed by atoms with Crippen molar-refractivity contribution >= 4 is 13.3 Å². The second-order valence-corrected chi connectivity index (χ2v) is 13.1. The molecular weight excluding hydrogens is 438 g/mol. The molecule has 0 unspecified atom stereocenters. The Morgan fingerprint density at radius 1 is 0.969 bits per heavy atom. The van der Waals surface area contributed by atoms with Crippen molar-refractivity contribution < 1.29 is 27.0 Å². The van der Waals surface area contributed by atoms with Gasteiger partial charge in [-0.15, -0.1) is 0 Å². The average molecular weight is 464 g/mol. The smallest absolute Gasteiger partial charge is 0.422 e. The molecule has 170 valence electrons. The Labute approximate surface area is 186 Å². The van der Waals surface area contributed by atoms with Gasteiger partial charge in [0.15, 0.2) is 18.2 Å². The molecule has 2 aromatic carbocycles. The molecule has 3 rings (SSSR count). The van der Waals surface area contributed by atoms with E-state index in [1.54, 1.807) is 36.5 Å². The largest absolute Gasteiger partial charge is 0.468 e. The first-order valence-corrected chi connectivity index (χ1v) is 13.5. The highest BCUT2D eigenvalue weighted by molar-refractivity contribution is 6.89. The van der Waals surface area contributed by atoms with Gasteiger partial charge in [0.2, 0.25) is 5.88 Å². The van der Waals surface area contributed by atoms with Crippen LogP contribution in [0.1, 0.15) is 12.0 Å². The summed E-state index contributed by atoms with van der Waals surface area (Å²) >= 11 is 0. The summed E-state index contributed by atoms with van der Waals surface area (Å²) in [6.07, 6.45) is -1.12. The van der Waals surface area contributed by atoms with Crippen molar-refractivity contribution in [2.24, 2.45) is 0 Å². The van der Waals surface area contributed by atoms with Gasteiger partial charge in [0, 0.05) is 12.3 Å². The van der Waals surface area contributed by atoms with Crippen molar-refractivity contribution in [3.8, 4) is 17.4 Å². The van der Waals surface area contributed by atoms with Crippen LogP contribution in [0.15, 0.2) is 66.9 Å². The number of ether oxygens (including phenoxy) is 2. The molecule has 0 N–H and O–H groups in total. The van der Waals surface area contributed by atoms with E-state index in [-0.39, 0.29) is 11.6 Å². The highest BCUT2D eigenvalue weighted by Gasteiger charge is 2.29. The van der Waals surface area contributed by atoms with E-state index < -0.39 is 26.7 Å². The van der Waals surface area contributed by atoms with Gasteiger partial charge < -0.3 is 9.47 Å². The third kappa shape index (κ3) is 7.08. The van der Waals surface area contributed by atoms with Gasteiger partial charge in [0.25, 0.3) is 0 Å². The number of aryl methyl sites for hydroxylation is 1. The Kier molecular flexibility index (Phi) is 7.55. The molecule has 1 aromatic heterocycles. The van der Waals surface area contributed by atoms with E-state index >= 15 is 0 Å². The van der Waals surface area contributed by atoms with Crippen LogP contribution in [0.2, 0.25) is 19.1 Å². The van der Waals surface area contributed by atoms with E-state index in [0.29, 0.717) is 5.75 Å². The number of hydrogen-bond donors (Lipinski definition) is 0. The summed E-state index contributed by atoms with van der Waals surface area (Å²) in [5.74, 6) is 0.329. The third-order valence-electron chi connectivity index (χ3n) is 5.14. The van der Waals surface area contributed by atoms with E-state index in [2.05, 4.69) is 22.8 Å². The van der Waals surface area contributed by atoms with Crippen LogP contribution in [0.4, 0.5) is 17.6 Å². The first-order valence-electron chi connectivity index (χ1n) is 10.3. The van der Waals surface area contributed by atoms with Gasteiger partial charge in [-0.3, -0.25) is 0 Å². The van der Waals surface area contributed by atoms with Crippen molar-refractivity contribution in [3.63, 3.8) is 0 Å². The van der Waals surface area contributed by atoms with E-state index in [4.69, 9.17) is 4.74 Å². The Hall–Kier alpha value is -2.87. The zero-order valence-corrected chi connectivity index (χ0v) is 19.0. The Morgan fingerprint density at radius 2 is 1.72 bits per heavy atom. The second kappa shape index (κ2) is 10.2. The maximum Gasteiger partial charge on any atom is 0.422 e. The highest BCUT2D eigenvalue weighted by atomic mass is 28.3. The highest BCUT2D eigenvalue weighted by Crippen LogP contribution is 2.26. The lowest BCUT2D eigenvalue weighted by atomic mass is 10.1. The van der Waals surface area contributed by atoms with Crippen molar-refractivity contribution in [1.29, 1.82) is 0 Å². The summed E-state index contributed by atoms with van der Waals surface area (Å²) < 4.78 is 61.3. The average Bonchev–Trinajstić information content (AvgIpc) is 2.75. The van der Waals surface area contributed by atoms with Crippen molar-refractivity contribution in [2.45, 2.75) is 38.2 Å². The number of nitrogens with zero attached hydrogens (tertiary/aromatic N) is 1. The number of pyridine rings is 1. The quantitative estimate of drug-likeness (QED) is 0.268. The SMILES string of the molecule is C[Si](C)(CCCc1ccc(F)c(Oc2ccccc2)c1)c1ccc(OCC(F)(F)F)nc1. The summed E-state index contributed by atoms with van der Waals surface area (Å²) in [5.41, 5.74) is 0.983. The fourth-order valence-electron chi connectivity index (χ4n) is 3.30. The molecule has 0 fully saturated rings. The number of benzene rings is 2. The monoisotopic (exact) mass is 463 g/mol. The second-order valence-electron chi connectivity index (χ2n) is 8.21. The fourth-order valence-corrected chi connectivity index (χ4v) is 5.60. The van der Waals surface area contributed by atoms with Crippen LogP contribution in [0.25, 0.3) is 0 Å². The molecule has 0 aliphatic rings.